The summed E-state index contributed by atoms with van der Waals surface area (Å²) in [5.41, 5.74) is 3.16. The van der Waals surface area contributed by atoms with E-state index in [4.69, 9.17) is 0 Å². The van der Waals surface area contributed by atoms with Crippen molar-refractivity contribution in [1.29, 1.82) is 0 Å². The SMILES string of the molecule is CC.CC.CC(C)C1C=CC1.CC(C)C1Cc2ccccc2C1. The van der Waals surface area contributed by atoms with Crippen molar-refractivity contribution in [2.24, 2.45) is 23.7 Å². The maximum atomic E-state index is 2.33. The van der Waals surface area contributed by atoms with Gasteiger partial charge >= 0.3 is 0 Å². The minimum absolute atomic E-state index is 0.831. The topological polar surface area (TPSA) is 0 Å². The number of fused-ring (bicyclic) bond motifs is 1. The minimum atomic E-state index is 0.831. The van der Waals surface area contributed by atoms with Crippen molar-refractivity contribution < 1.29 is 0 Å². The number of hydrogen-bond acceptors (Lipinski definition) is 0. The molecule has 0 aliphatic heterocycles. The monoisotopic (exact) mass is 316 g/mol. The first-order valence-corrected chi connectivity index (χ1v) is 9.81. The predicted molar refractivity (Wildman–Crippen MR) is 107 cm³/mol. The minimum Gasteiger partial charge on any atom is -0.0876 e. The Labute approximate surface area is 146 Å². The van der Waals surface area contributed by atoms with E-state index in [1.165, 1.54) is 19.3 Å². The van der Waals surface area contributed by atoms with Crippen LogP contribution in [0.3, 0.4) is 0 Å². The Balaban J connectivity index is 0.000000377. The van der Waals surface area contributed by atoms with E-state index in [-0.39, 0.29) is 0 Å². The van der Waals surface area contributed by atoms with Crippen LogP contribution in [0.1, 0.15) is 72.9 Å². The lowest BCUT2D eigenvalue weighted by molar-refractivity contribution is 0.404. The summed E-state index contributed by atoms with van der Waals surface area (Å²) in [5, 5.41) is 0. The standard InChI is InChI=1S/C12H16.C7H12.2C2H6/c1-9(2)12-7-10-5-3-4-6-11(10)8-12;1-6(2)7-4-3-5-7;2*1-2/h3-6,9,12H,7-8H2,1-2H3;3-4,6-7H,5H2,1-2H3;2*1-2H3. The molecular formula is C23H40. The van der Waals surface area contributed by atoms with E-state index in [2.05, 4.69) is 64.1 Å². The first kappa shape index (κ1) is 22.0. The highest BCUT2D eigenvalue weighted by Gasteiger charge is 2.22. The molecule has 0 heteroatoms. The van der Waals surface area contributed by atoms with E-state index in [9.17, 15) is 0 Å². The van der Waals surface area contributed by atoms with E-state index in [0.717, 1.165) is 23.7 Å². The fourth-order valence-electron chi connectivity index (χ4n) is 2.85. The second-order valence-corrected chi connectivity index (χ2v) is 6.75. The van der Waals surface area contributed by atoms with E-state index >= 15 is 0 Å². The highest BCUT2D eigenvalue weighted by molar-refractivity contribution is 5.32. The molecule has 1 aromatic carbocycles. The Morgan fingerprint density at radius 2 is 1.22 bits per heavy atom. The molecule has 0 amide bonds. The number of rotatable bonds is 2. The molecule has 0 heterocycles. The second-order valence-electron chi connectivity index (χ2n) is 6.75. The summed E-state index contributed by atoms with van der Waals surface area (Å²) >= 11 is 0. The van der Waals surface area contributed by atoms with Crippen molar-refractivity contribution in [3.05, 3.63) is 47.5 Å². The molecule has 1 unspecified atom stereocenters. The maximum absolute atomic E-state index is 2.33. The molecule has 23 heavy (non-hydrogen) atoms. The van der Waals surface area contributed by atoms with E-state index in [0.29, 0.717) is 0 Å². The summed E-state index contributed by atoms with van der Waals surface area (Å²) in [6.45, 7) is 17.2. The van der Waals surface area contributed by atoms with Gasteiger partial charge in [0.25, 0.3) is 0 Å². The molecule has 2 aliphatic rings. The average Bonchev–Trinajstić information content (AvgIpc) is 2.94. The van der Waals surface area contributed by atoms with Crippen molar-refractivity contribution in [1.82, 2.24) is 0 Å². The lowest BCUT2D eigenvalue weighted by Gasteiger charge is -2.20. The molecule has 0 radical (unpaired) electrons. The Bertz CT molecular complexity index is 400. The fraction of sp³-hybridized carbons (Fsp3) is 0.652. The number of allylic oxidation sites excluding steroid dienone is 2. The summed E-state index contributed by atoms with van der Waals surface area (Å²) in [4.78, 5) is 0. The predicted octanol–water partition coefficient (Wildman–Crippen LogP) is 7.33. The lowest BCUT2D eigenvalue weighted by Crippen LogP contribution is -2.09. The van der Waals surface area contributed by atoms with Crippen LogP contribution in [0.4, 0.5) is 0 Å². The largest absolute Gasteiger partial charge is 0.0876 e. The molecule has 0 saturated heterocycles. The van der Waals surface area contributed by atoms with Crippen LogP contribution >= 0.6 is 0 Å². The molecule has 3 rings (SSSR count). The van der Waals surface area contributed by atoms with Crippen LogP contribution in [0.2, 0.25) is 0 Å². The van der Waals surface area contributed by atoms with Gasteiger partial charge in [-0.1, -0.05) is 91.8 Å². The number of hydrogen-bond donors (Lipinski definition) is 0. The zero-order valence-electron chi connectivity index (χ0n) is 16.9. The van der Waals surface area contributed by atoms with Crippen molar-refractivity contribution >= 4 is 0 Å². The van der Waals surface area contributed by atoms with Gasteiger partial charge in [0.1, 0.15) is 0 Å². The summed E-state index contributed by atoms with van der Waals surface area (Å²) < 4.78 is 0. The van der Waals surface area contributed by atoms with Gasteiger partial charge in [0, 0.05) is 0 Å². The summed E-state index contributed by atoms with van der Waals surface area (Å²) in [6.07, 6.45) is 8.45. The molecule has 0 saturated carbocycles. The summed E-state index contributed by atoms with van der Waals surface area (Å²) in [7, 11) is 0. The third kappa shape index (κ3) is 7.38. The summed E-state index contributed by atoms with van der Waals surface area (Å²) in [5.74, 6) is 3.49. The van der Waals surface area contributed by atoms with Crippen LogP contribution < -0.4 is 0 Å². The molecule has 0 nitrogen and oxygen atoms in total. The molecule has 0 N–H and O–H groups in total. The lowest BCUT2D eigenvalue weighted by atomic mass is 9.85. The third-order valence-electron chi connectivity index (χ3n) is 4.67. The smallest absolute Gasteiger partial charge is 0.0176 e. The van der Waals surface area contributed by atoms with Crippen molar-refractivity contribution in [2.75, 3.05) is 0 Å². The quantitative estimate of drug-likeness (QED) is 0.501. The third-order valence-corrected chi connectivity index (χ3v) is 4.67. The highest BCUT2D eigenvalue weighted by atomic mass is 14.3. The summed E-state index contributed by atoms with van der Waals surface area (Å²) in [6, 6.07) is 8.86. The Morgan fingerprint density at radius 3 is 1.43 bits per heavy atom. The highest BCUT2D eigenvalue weighted by Crippen LogP contribution is 2.30. The Hall–Kier alpha value is -1.04. The molecule has 0 bridgehead atoms. The molecule has 0 aromatic heterocycles. The van der Waals surface area contributed by atoms with Crippen molar-refractivity contribution in [3.8, 4) is 0 Å². The van der Waals surface area contributed by atoms with Crippen LogP contribution in [0.15, 0.2) is 36.4 Å². The van der Waals surface area contributed by atoms with Gasteiger partial charge in [-0.15, -0.1) is 0 Å². The molecule has 2 aliphatic carbocycles. The molecule has 0 spiro atoms. The second kappa shape index (κ2) is 12.4. The first-order chi connectivity index (χ1) is 11.1. The molecule has 1 atom stereocenters. The zero-order chi connectivity index (χ0) is 17.8. The zero-order valence-corrected chi connectivity index (χ0v) is 16.9. The molecule has 132 valence electrons. The normalized spacial score (nSPS) is 17.9. The van der Waals surface area contributed by atoms with Gasteiger partial charge in [-0.25, -0.2) is 0 Å². The van der Waals surface area contributed by atoms with E-state index < -0.39 is 0 Å². The van der Waals surface area contributed by atoms with Crippen molar-refractivity contribution in [3.63, 3.8) is 0 Å². The van der Waals surface area contributed by atoms with Crippen LogP contribution in [0, 0.1) is 23.7 Å². The van der Waals surface area contributed by atoms with Crippen LogP contribution in [0.5, 0.6) is 0 Å². The number of benzene rings is 1. The Morgan fingerprint density at radius 1 is 0.783 bits per heavy atom. The average molecular weight is 317 g/mol. The Kier molecular flexibility index (Phi) is 11.8. The van der Waals surface area contributed by atoms with Crippen LogP contribution in [0.25, 0.3) is 0 Å². The maximum Gasteiger partial charge on any atom is -0.0176 e. The molecule has 0 fully saturated rings. The van der Waals surface area contributed by atoms with E-state index in [1.54, 1.807) is 11.1 Å². The van der Waals surface area contributed by atoms with Gasteiger partial charge < -0.3 is 0 Å². The van der Waals surface area contributed by atoms with Gasteiger partial charge in [0.2, 0.25) is 0 Å². The van der Waals surface area contributed by atoms with Gasteiger partial charge in [0.05, 0.1) is 0 Å². The fourth-order valence-corrected chi connectivity index (χ4v) is 2.85. The van der Waals surface area contributed by atoms with Crippen LogP contribution in [-0.2, 0) is 12.8 Å². The molecule has 1 aromatic rings. The van der Waals surface area contributed by atoms with Gasteiger partial charge in [-0.05, 0) is 54.1 Å². The van der Waals surface area contributed by atoms with Gasteiger partial charge in [-0.3, -0.25) is 0 Å². The van der Waals surface area contributed by atoms with Crippen LogP contribution in [-0.4, -0.2) is 0 Å². The van der Waals surface area contributed by atoms with Gasteiger partial charge in [0.15, 0.2) is 0 Å². The van der Waals surface area contributed by atoms with E-state index in [1.807, 2.05) is 27.7 Å². The van der Waals surface area contributed by atoms with Crippen molar-refractivity contribution in [2.45, 2.75) is 74.7 Å². The van der Waals surface area contributed by atoms with Gasteiger partial charge in [-0.2, -0.15) is 0 Å². The first-order valence-electron chi connectivity index (χ1n) is 9.81. The molecular weight excluding hydrogens is 276 g/mol.